The Hall–Kier alpha value is -1.35. The SMILES string of the molecule is COC(C)(C)C(=O)NCc1cc(C#CCCO)cs1. The topological polar surface area (TPSA) is 58.6 Å². The highest BCUT2D eigenvalue weighted by atomic mass is 32.1. The normalized spacial score (nSPS) is 10.7. The molecule has 5 heteroatoms. The molecular weight excluding hydrogens is 262 g/mol. The molecule has 1 heterocycles. The van der Waals surface area contributed by atoms with E-state index >= 15 is 0 Å². The summed E-state index contributed by atoms with van der Waals surface area (Å²) in [7, 11) is 1.51. The Kier molecular flexibility index (Phi) is 6.03. The maximum absolute atomic E-state index is 11.8. The lowest BCUT2D eigenvalue weighted by atomic mass is 10.1. The van der Waals surface area contributed by atoms with Crippen LogP contribution in [0.1, 0.15) is 30.7 Å². The number of thiophene rings is 1. The molecule has 19 heavy (non-hydrogen) atoms. The molecule has 4 nitrogen and oxygen atoms in total. The Balaban J connectivity index is 2.52. The van der Waals surface area contributed by atoms with Gasteiger partial charge in [-0.25, -0.2) is 0 Å². The van der Waals surface area contributed by atoms with E-state index in [1.165, 1.54) is 7.11 Å². The minimum atomic E-state index is -0.818. The molecule has 2 N–H and O–H groups in total. The van der Waals surface area contributed by atoms with E-state index in [-0.39, 0.29) is 12.5 Å². The summed E-state index contributed by atoms with van der Waals surface area (Å²) >= 11 is 1.55. The summed E-state index contributed by atoms with van der Waals surface area (Å²) in [6, 6.07) is 1.94. The molecule has 104 valence electrons. The van der Waals surface area contributed by atoms with Crippen LogP contribution in [-0.2, 0) is 16.1 Å². The number of aliphatic hydroxyl groups is 1. The molecule has 0 bridgehead atoms. The molecule has 0 aliphatic carbocycles. The third kappa shape index (κ3) is 5.03. The number of nitrogens with one attached hydrogen (secondary N) is 1. The summed E-state index contributed by atoms with van der Waals surface area (Å²) in [6.07, 6.45) is 0.476. The second-order valence-corrected chi connectivity index (χ2v) is 5.47. The number of ether oxygens (including phenoxy) is 1. The molecule has 1 aromatic heterocycles. The lowest BCUT2D eigenvalue weighted by Crippen LogP contribution is -2.43. The maximum atomic E-state index is 11.8. The van der Waals surface area contributed by atoms with E-state index in [1.807, 2.05) is 11.4 Å². The predicted molar refractivity (Wildman–Crippen MR) is 75.8 cm³/mol. The van der Waals surface area contributed by atoms with Gasteiger partial charge in [-0.3, -0.25) is 4.79 Å². The molecule has 1 amide bonds. The van der Waals surface area contributed by atoms with Crippen molar-refractivity contribution in [1.82, 2.24) is 5.32 Å². The second kappa shape index (κ2) is 7.29. The molecule has 0 saturated carbocycles. The number of hydrogen-bond donors (Lipinski definition) is 2. The van der Waals surface area contributed by atoms with E-state index in [2.05, 4.69) is 17.2 Å². The van der Waals surface area contributed by atoms with Gasteiger partial charge in [-0.05, 0) is 19.9 Å². The fourth-order valence-electron chi connectivity index (χ4n) is 1.23. The Morgan fingerprint density at radius 3 is 2.95 bits per heavy atom. The van der Waals surface area contributed by atoms with E-state index in [4.69, 9.17) is 9.84 Å². The first-order chi connectivity index (χ1) is 8.99. The number of aliphatic hydroxyl groups excluding tert-OH is 1. The smallest absolute Gasteiger partial charge is 0.251 e. The van der Waals surface area contributed by atoms with Crippen molar-refractivity contribution in [3.05, 3.63) is 21.9 Å². The van der Waals surface area contributed by atoms with Crippen molar-refractivity contribution in [2.75, 3.05) is 13.7 Å². The van der Waals surface area contributed by atoms with Gasteiger partial charge in [-0.1, -0.05) is 11.8 Å². The summed E-state index contributed by atoms with van der Waals surface area (Å²) in [5.41, 5.74) is 0.0924. The summed E-state index contributed by atoms with van der Waals surface area (Å²) < 4.78 is 5.10. The van der Waals surface area contributed by atoms with Gasteiger partial charge in [0.05, 0.1) is 13.2 Å². The van der Waals surface area contributed by atoms with E-state index in [0.29, 0.717) is 13.0 Å². The molecular formula is C14H19NO3S. The zero-order chi connectivity index (χ0) is 14.3. The molecule has 0 fully saturated rings. The minimum Gasteiger partial charge on any atom is -0.395 e. The fourth-order valence-corrected chi connectivity index (χ4v) is 1.99. The number of methoxy groups -OCH3 is 1. The van der Waals surface area contributed by atoms with E-state index in [0.717, 1.165) is 10.4 Å². The van der Waals surface area contributed by atoms with Crippen molar-refractivity contribution in [2.45, 2.75) is 32.4 Å². The van der Waals surface area contributed by atoms with E-state index in [1.54, 1.807) is 25.2 Å². The molecule has 0 atom stereocenters. The first-order valence-corrected chi connectivity index (χ1v) is 6.88. The zero-order valence-corrected chi connectivity index (χ0v) is 12.3. The minimum absolute atomic E-state index is 0.0755. The molecule has 0 unspecified atom stereocenters. The Bertz CT molecular complexity index is 482. The first kappa shape index (κ1) is 15.7. The summed E-state index contributed by atoms with van der Waals surface area (Å²) in [5.74, 6) is 5.68. The number of amides is 1. The number of rotatable bonds is 5. The summed E-state index contributed by atoms with van der Waals surface area (Å²) in [5, 5.41) is 13.4. The van der Waals surface area contributed by atoms with Gasteiger partial charge in [-0.2, -0.15) is 0 Å². The summed E-state index contributed by atoms with van der Waals surface area (Å²) in [6.45, 7) is 4.00. The highest BCUT2D eigenvalue weighted by molar-refractivity contribution is 7.10. The van der Waals surface area contributed by atoms with Crippen LogP contribution in [0.2, 0.25) is 0 Å². The zero-order valence-electron chi connectivity index (χ0n) is 11.4. The second-order valence-electron chi connectivity index (χ2n) is 4.47. The molecule has 0 aromatic carbocycles. The maximum Gasteiger partial charge on any atom is 0.251 e. The molecule has 0 saturated heterocycles. The fraction of sp³-hybridized carbons (Fsp3) is 0.500. The molecule has 0 spiro atoms. The van der Waals surface area contributed by atoms with Crippen LogP contribution in [0.5, 0.6) is 0 Å². The highest BCUT2D eigenvalue weighted by Gasteiger charge is 2.26. The van der Waals surface area contributed by atoms with Crippen LogP contribution in [0.3, 0.4) is 0 Å². The number of carbonyl (C=O) groups is 1. The molecule has 1 rings (SSSR count). The van der Waals surface area contributed by atoms with Gasteiger partial charge < -0.3 is 15.2 Å². The van der Waals surface area contributed by atoms with Crippen LogP contribution >= 0.6 is 11.3 Å². The molecule has 0 aliphatic heterocycles. The van der Waals surface area contributed by atoms with Crippen molar-refractivity contribution in [1.29, 1.82) is 0 Å². The average molecular weight is 281 g/mol. The van der Waals surface area contributed by atoms with Crippen molar-refractivity contribution in [3.63, 3.8) is 0 Å². The van der Waals surface area contributed by atoms with Gasteiger partial charge in [0, 0.05) is 29.4 Å². The van der Waals surface area contributed by atoms with Gasteiger partial charge in [0.1, 0.15) is 5.60 Å². The monoisotopic (exact) mass is 281 g/mol. The van der Waals surface area contributed by atoms with Gasteiger partial charge in [0.25, 0.3) is 5.91 Å². The van der Waals surface area contributed by atoms with Gasteiger partial charge in [0.15, 0.2) is 0 Å². The van der Waals surface area contributed by atoms with Crippen molar-refractivity contribution < 1.29 is 14.6 Å². The largest absolute Gasteiger partial charge is 0.395 e. The van der Waals surface area contributed by atoms with Crippen LogP contribution in [-0.4, -0.2) is 30.3 Å². The van der Waals surface area contributed by atoms with Gasteiger partial charge in [0.2, 0.25) is 0 Å². The van der Waals surface area contributed by atoms with Crippen molar-refractivity contribution in [3.8, 4) is 11.8 Å². The summed E-state index contributed by atoms with van der Waals surface area (Å²) in [4.78, 5) is 12.8. The van der Waals surface area contributed by atoms with Crippen molar-refractivity contribution >= 4 is 17.2 Å². The molecule has 0 radical (unpaired) electrons. The van der Waals surface area contributed by atoms with E-state index in [9.17, 15) is 4.79 Å². The van der Waals surface area contributed by atoms with Crippen molar-refractivity contribution in [2.24, 2.45) is 0 Å². The molecule has 1 aromatic rings. The quantitative estimate of drug-likeness (QED) is 0.805. The van der Waals surface area contributed by atoms with Crippen LogP contribution < -0.4 is 5.32 Å². The third-order valence-corrected chi connectivity index (χ3v) is 3.54. The highest BCUT2D eigenvalue weighted by Crippen LogP contribution is 2.14. The van der Waals surface area contributed by atoms with Crippen LogP contribution in [0.4, 0.5) is 0 Å². The van der Waals surface area contributed by atoms with Crippen LogP contribution in [0.15, 0.2) is 11.4 Å². The van der Waals surface area contributed by atoms with Gasteiger partial charge >= 0.3 is 0 Å². The van der Waals surface area contributed by atoms with Crippen LogP contribution in [0.25, 0.3) is 0 Å². The van der Waals surface area contributed by atoms with Gasteiger partial charge in [-0.15, -0.1) is 11.3 Å². The average Bonchev–Trinajstić information content (AvgIpc) is 2.84. The number of hydrogen-bond acceptors (Lipinski definition) is 4. The van der Waals surface area contributed by atoms with Crippen LogP contribution in [0, 0.1) is 11.8 Å². The lowest BCUT2D eigenvalue weighted by molar-refractivity contribution is -0.139. The first-order valence-electron chi connectivity index (χ1n) is 6.00. The third-order valence-electron chi connectivity index (χ3n) is 2.60. The number of carbonyl (C=O) groups excluding carboxylic acids is 1. The Morgan fingerprint density at radius 2 is 2.32 bits per heavy atom. The Labute approximate surface area is 117 Å². The van der Waals surface area contributed by atoms with E-state index < -0.39 is 5.60 Å². The predicted octanol–water partition coefficient (Wildman–Crippen LogP) is 1.52. The molecule has 0 aliphatic rings. The standard InChI is InChI=1S/C14H19NO3S/c1-14(2,18-3)13(17)15-9-12-8-11(10-19-12)6-4-5-7-16/h8,10,16H,5,7,9H2,1-3H3,(H,15,17). The lowest BCUT2D eigenvalue weighted by Gasteiger charge is -2.21. The Morgan fingerprint density at radius 1 is 1.58 bits per heavy atom.